The molecule has 0 radical (unpaired) electrons. The number of anilines is 3. The zero-order chi connectivity index (χ0) is 17.6. The minimum atomic E-state index is -0.946. The summed E-state index contributed by atoms with van der Waals surface area (Å²) >= 11 is 0. The van der Waals surface area contributed by atoms with Gasteiger partial charge in [0.05, 0.1) is 0 Å². The van der Waals surface area contributed by atoms with E-state index in [1.54, 1.807) is 24.4 Å². The third-order valence-corrected chi connectivity index (χ3v) is 3.46. The van der Waals surface area contributed by atoms with Crippen LogP contribution in [0.1, 0.15) is 5.56 Å². The molecule has 0 aliphatic rings. The van der Waals surface area contributed by atoms with Crippen LogP contribution in [0.25, 0.3) is 0 Å². The van der Waals surface area contributed by atoms with E-state index in [2.05, 4.69) is 20.6 Å². The topological polar surface area (TPSA) is 49.8 Å². The number of nitrogens with zero attached hydrogens (tertiary/aromatic N) is 2. The van der Waals surface area contributed by atoms with Crippen LogP contribution in [0.15, 0.2) is 54.7 Å². The van der Waals surface area contributed by atoms with Crippen LogP contribution < -0.4 is 10.6 Å². The zero-order valence-electron chi connectivity index (χ0n) is 13.1. The van der Waals surface area contributed by atoms with E-state index in [0.29, 0.717) is 24.5 Å². The van der Waals surface area contributed by atoms with Crippen molar-refractivity contribution in [2.45, 2.75) is 6.42 Å². The highest BCUT2D eigenvalue weighted by Crippen LogP contribution is 2.17. The van der Waals surface area contributed by atoms with E-state index in [4.69, 9.17) is 0 Å². The van der Waals surface area contributed by atoms with Gasteiger partial charge in [-0.05, 0) is 42.3 Å². The number of hydrogen-bond acceptors (Lipinski definition) is 4. The summed E-state index contributed by atoms with van der Waals surface area (Å²) in [7, 11) is 0. The Labute approximate surface area is 142 Å². The highest BCUT2D eigenvalue weighted by Gasteiger charge is 2.05. The van der Waals surface area contributed by atoms with Crippen molar-refractivity contribution in [1.29, 1.82) is 0 Å². The van der Waals surface area contributed by atoms with Gasteiger partial charge >= 0.3 is 0 Å². The fourth-order valence-electron chi connectivity index (χ4n) is 2.21. The molecule has 4 nitrogen and oxygen atoms in total. The first kappa shape index (κ1) is 16.8. The minimum Gasteiger partial charge on any atom is -0.370 e. The van der Waals surface area contributed by atoms with Crippen molar-refractivity contribution >= 4 is 17.5 Å². The Morgan fingerprint density at radius 2 is 1.68 bits per heavy atom. The molecule has 0 unspecified atom stereocenters. The van der Waals surface area contributed by atoms with E-state index in [-0.39, 0.29) is 11.8 Å². The lowest BCUT2D eigenvalue weighted by Crippen LogP contribution is -2.08. The fourth-order valence-corrected chi connectivity index (χ4v) is 2.21. The Morgan fingerprint density at radius 1 is 0.880 bits per heavy atom. The van der Waals surface area contributed by atoms with Crippen molar-refractivity contribution in [2.75, 3.05) is 17.2 Å². The molecule has 2 aromatic carbocycles. The average Bonchev–Trinajstić information content (AvgIpc) is 2.60. The van der Waals surface area contributed by atoms with E-state index in [9.17, 15) is 13.2 Å². The molecule has 3 aromatic rings. The number of benzene rings is 2. The van der Waals surface area contributed by atoms with Gasteiger partial charge in [-0.2, -0.15) is 4.98 Å². The summed E-state index contributed by atoms with van der Waals surface area (Å²) in [4.78, 5) is 8.30. The summed E-state index contributed by atoms with van der Waals surface area (Å²) in [6.45, 7) is 0.604. The lowest BCUT2D eigenvalue weighted by molar-refractivity contribution is 0.509. The zero-order valence-corrected chi connectivity index (χ0v) is 13.1. The molecule has 0 aliphatic heterocycles. The van der Waals surface area contributed by atoms with Crippen molar-refractivity contribution in [3.63, 3.8) is 0 Å². The van der Waals surface area contributed by atoms with Crippen molar-refractivity contribution < 1.29 is 13.2 Å². The maximum absolute atomic E-state index is 13.2. The van der Waals surface area contributed by atoms with Crippen molar-refractivity contribution in [1.82, 2.24) is 9.97 Å². The van der Waals surface area contributed by atoms with E-state index >= 15 is 0 Å². The first-order valence-corrected chi connectivity index (χ1v) is 7.63. The molecule has 3 rings (SSSR count). The Hall–Kier alpha value is -3.09. The quantitative estimate of drug-likeness (QED) is 0.700. The highest BCUT2D eigenvalue weighted by atomic mass is 19.2. The maximum Gasteiger partial charge on any atom is 0.229 e. The molecule has 1 heterocycles. The molecule has 128 valence electrons. The molecule has 0 fully saturated rings. The van der Waals surface area contributed by atoms with Gasteiger partial charge in [0.15, 0.2) is 11.6 Å². The summed E-state index contributed by atoms with van der Waals surface area (Å²) in [6.07, 6.45) is 2.26. The fraction of sp³-hybridized carbons (Fsp3) is 0.111. The summed E-state index contributed by atoms with van der Waals surface area (Å²) < 4.78 is 39.0. The first-order chi connectivity index (χ1) is 12.1. The van der Waals surface area contributed by atoms with Gasteiger partial charge in [0.2, 0.25) is 5.95 Å². The maximum atomic E-state index is 13.2. The van der Waals surface area contributed by atoms with Gasteiger partial charge in [-0.25, -0.2) is 18.2 Å². The molecule has 1 aromatic heterocycles. The molecule has 0 spiro atoms. The molecule has 25 heavy (non-hydrogen) atoms. The number of nitrogens with one attached hydrogen (secondary N) is 2. The van der Waals surface area contributed by atoms with Crippen molar-refractivity contribution in [3.8, 4) is 0 Å². The van der Waals surface area contributed by atoms with E-state index in [1.165, 1.54) is 18.2 Å². The van der Waals surface area contributed by atoms with Crippen LogP contribution in [0.5, 0.6) is 0 Å². The van der Waals surface area contributed by atoms with Crippen LogP contribution in [0.3, 0.4) is 0 Å². The molecule has 0 bridgehead atoms. The van der Waals surface area contributed by atoms with Gasteiger partial charge in [0.1, 0.15) is 11.6 Å². The molecular formula is C18H15F3N4. The lowest BCUT2D eigenvalue weighted by Gasteiger charge is -2.09. The predicted octanol–water partition coefficient (Wildman–Crippen LogP) is 4.29. The van der Waals surface area contributed by atoms with Crippen LogP contribution in [0, 0.1) is 17.5 Å². The lowest BCUT2D eigenvalue weighted by atomic mass is 10.1. The van der Waals surface area contributed by atoms with E-state index < -0.39 is 11.6 Å². The van der Waals surface area contributed by atoms with Crippen molar-refractivity contribution in [3.05, 3.63) is 77.7 Å². The Morgan fingerprint density at radius 3 is 2.44 bits per heavy atom. The molecule has 0 atom stereocenters. The van der Waals surface area contributed by atoms with Crippen LogP contribution in [0.2, 0.25) is 0 Å². The highest BCUT2D eigenvalue weighted by molar-refractivity contribution is 5.54. The number of rotatable bonds is 6. The Bertz CT molecular complexity index is 853. The molecular weight excluding hydrogens is 329 g/mol. The summed E-state index contributed by atoms with van der Waals surface area (Å²) in [5, 5.41) is 5.95. The minimum absolute atomic E-state index is 0.262. The monoisotopic (exact) mass is 344 g/mol. The largest absolute Gasteiger partial charge is 0.370 e. The molecule has 0 saturated heterocycles. The van der Waals surface area contributed by atoms with Crippen LogP contribution in [-0.2, 0) is 6.42 Å². The number of halogens is 3. The standard InChI is InChI=1S/C18H15F3N4/c19-13-3-1-12(2-4-13)7-9-22-17-8-10-23-18(25-17)24-14-5-6-15(20)16(21)11-14/h1-6,8,10-11H,7,9H2,(H2,22,23,24,25). The molecule has 0 aliphatic carbocycles. The summed E-state index contributed by atoms with van der Waals surface area (Å²) in [5.74, 6) is -1.28. The van der Waals surface area contributed by atoms with Gasteiger partial charge in [-0.3, -0.25) is 0 Å². The van der Waals surface area contributed by atoms with E-state index in [1.807, 2.05) is 0 Å². The second-order valence-corrected chi connectivity index (χ2v) is 5.32. The third-order valence-electron chi connectivity index (χ3n) is 3.46. The molecule has 0 saturated carbocycles. The predicted molar refractivity (Wildman–Crippen MR) is 90.3 cm³/mol. The van der Waals surface area contributed by atoms with Crippen LogP contribution >= 0.6 is 0 Å². The number of hydrogen-bond donors (Lipinski definition) is 2. The molecule has 7 heteroatoms. The Balaban J connectivity index is 1.59. The Kier molecular flexibility index (Phi) is 5.13. The van der Waals surface area contributed by atoms with Crippen molar-refractivity contribution in [2.24, 2.45) is 0 Å². The first-order valence-electron chi connectivity index (χ1n) is 7.63. The smallest absolute Gasteiger partial charge is 0.229 e. The average molecular weight is 344 g/mol. The van der Waals surface area contributed by atoms with Gasteiger partial charge < -0.3 is 10.6 Å². The van der Waals surface area contributed by atoms with Gasteiger partial charge in [-0.1, -0.05) is 12.1 Å². The molecule has 0 amide bonds. The van der Waals surface area contributed by atoms with Crippen LogP contribution in [0.4, 0.5) is 30.6 Å². The number of aromatic nitrogens is 2. The summed E-state index contributed by atoms with van der Waals surface area (Å²) in [5.41, 5.74) is 1.35. The summed E-state index contributed by atoms with van der Waals surface area (Å²) in [6, 6.07) is 11.5. The second kappa shape index (κ2) is 7.65. The third kappa shape index (κ3) is 4.69. The normalized spacial score (nSPS) is 10.5. The second-order valence-electron chi connectivity index (χ2n) is 5.32. The van der Waals surface area contributed by atoms with Gasteiger partial charge in [0, 0.05) is 24.5 Å². The van der Waals surface area contributed by atoms with Crippen LogP contribution in [-0.4, -0.2) is 16.5 Å². The van der Waals surface area contributed by atoms with Gasteiger partial charge in [0.25, 0.3) is 0 Å². The molecule has 2 N–H and O–H groups in total. The van der Waals surface area contributed by atoms with E-state index in [0.717, 1.165) is 17.7 Å². The van der Waals surface area contributed by atoms with Gasteiger partial charge in [-0.15, -0.1) is 0 Å². The SMILES string of the molecule is Fc1ccc(CCNc2ccnc(Nc3ccc(F)c(F)c3)n2)cc1.